The first-order chi connectivity index (χ1) is 10.7. The van der Waals surface area contributed by atoms with Gasteiger partial charge in [0, 0.05) is 26.9 Å². The molecule has 1 N–H and O–H groups in total. The summed E-state index contributed by atoms with van der Waals surface area (Å²) in [7, 11) is 4.69. The van der Waals surface area contributed by atoms with E-state index in [1.54, 1.807) is 21.3 Å². The number of urea groups is 1. The van der Waals surface area contributed by atoms with Crippen LogP contribution in [-0.2, 0) is 19.0 Å². The molecular weight excluding hydrogens is 288 g/mol. The van der Waals surface area contributed by atoms with Gasteiger partial charge in [0.05, 0.1) is 19.8 Å². The lowest BCUT2D eigenvalue weighted by molar-refractivity contribution is -0.00222. The maximum absolute atomic E-state index is 12.4. The number of hydroxylamine groups is 2. The van der Waals surface area contributed by atoms with E-state index in [-0.39, 0.29) is 32.1 Å². The molecule has 0 bridgehead atoms. The summed E-state index contributed by atoms with van der Waals surface area (Å²) in [5.41, 5.74) is 0.163. The van der Waals surface area contributed by atoms with Crippen molar-refractivity contribution in [2.24, 2.45) is 0 Å². The fourth-order valence-electron chi connectivity index (χ4n) is 2.39. The van der Waals surface area contributed by atoms with Crippen molar-refractivity contribution in [3.63, 3.8) is 0 Å². The van der Waals surface area contributed by atoms with E-state index in [1.165, 1.54) is 5.06 Å². The number of carbonyl (C=O) groups excluding carboxylic acids is 1. The molecule has 7 heteroatoms. The summed E-state index contributed by atoms with van der Waals surface area (Å²) in [5.74, 6) is 0. The number of hydrogen-bond acceptors (Lipinski definition) is 5. The first-order valence-electron chi connectivity index (χ1n) is 6.95. The van der Waals surface area contributed by atoms with Crippen molar-refractivity contribution in [1.82, 2.24) is 10.4 Å². The summed E-state index contributed by atoms with van der Waals surface area (Å²) in [6.45, 7) is 0.804. The van der Waals surface area contributed by atoms with Crippen LogP contribution in [0.5, 0.6) is 0 Å². The number of hydrogen-bond donors (Lipinski definition) is 1. The van der Waals surface area contributed by atoms with Crippen molar-refractivity contribution in [1.29, 1.82) is 0 Å². The predicted molar refractivity (Wildman–Crippen MR) is 79.0 cm³/mol. The molecule has 0 radical (unpaired) electrons. The zero-order valence-electron chi connectivity index (χ0n) is 13.1. The largest absolute Gasteiger partial charge is 0.382 e. The second-order valence-corrected chi connectivity index (χ2v) is 5.20. The lowest BCUT2D eigenvalue weighted by Crippen LogP contribution is -2.59. The maximum atomic E-state index is 12.4. The van der Waals surface area contributed by atoms with Gasteiger partial charge < -0.3 is 19.5 Å². The minimum Gasteiger partial charge on any atom is -0.382 e. The summed E-state index contributed by atoms with van der Waals surface area (Å²) >= 11 is 0. The number of nitrogens with zero attached hydrogens (tertiary/aromatic N) is 1. The number of carbonyl (C=O) groups is 1. The SMILES string of the molecule is COCC(COC)(COC)NC(=O)N1OC1c1ccccc1. The molecule has 1 aromatic rings. The van der Waals surface area contributed by atoms with Crippen LogP contribution in [-0.4, -0.2) is 57.8 Å². The quantitative estimate of drug-likeness (QED) is 0.733. The Hall–Kier alpha value is -1.67. The Bertz CT molecular complexity index is 465. The summed E-state index contributed by atoms with van der Waals surface area (Å²) in [6.07, 6.45) is -0.355. The Morgan fingerprint density at radius 3 is 2.18 bits per heavy atom. The van der Waals surface area contributed by atoms with Crippen molar-refractivity contribution in [2.45, 2.75) is 11.8 Å². The van der Waals surface area contributed by atoms with Gasteiger partial charge in [0.2, 0.25) is 6.23 Å². The zero-order valence-corrected chi connectivity index (χ0v) is 13.1. The summed E-state index contributed by atoms with van der Waals surface area (Å²) in [5, 5.41) is 4.16. The number of ether oxygens (including phenoxy) is 3. The minimum absolute atomic E-state index is 0.268. The van der Waals surface area contributed by atoms with Gasteiger partial charge in [-0.3, -0.25) is 0 Å². The fraction of sp³-hybridized carbons (Fsp3) is 0.533. The van der Waals surface area contributed by atoms with E-state index in [4.69, 9.17) is 19.0 Å². The molecule has 1 aliphatic rings. The molecule has 1 aliphatic heterocycles. The van der Waals surface area contributed by atoms with E-state index in [1.807, 2.05) is 30.3 Å². The molecular formula is C15H22N2O5. The van der Waals surface area contributed by atoms with Crippen LogP contribution in [0.1, 0.15) is 11.8 Å². The van der Waals surface area contributed by atoms with Gasteiger partial charge in [-0.2, -0.15) is 5.06 Å². The molecule has 1 unspecified atom stereocenters. The Morgan fingerprint density at radius 1 is 1.14 bits per heavy atom. The Morgan fingerprint density at radius 2 is 1.68 bits per heavy atom. The van der Waals surface area contributed by atoms with Crippen molar-refractivity contribution in [3.8, 4) is 0 Å². The maximum Gasteiger partial charge on any atom is 0.345 e. The second kappa shape index (κ2) is 7.55. The van der Waals surface area contributed by atoms with E-state index in [0.717, 1.165) is 5.56 Å². The third-order valence-corrected chi connectivity index (χ3v) is 3.30. The molecule has 1 fully saturated rings. The van der Waals surface area contributed by atoms with Crippen molar-refractivity contribution in [3.05, 3.63) is 35.9 Å². The third-order valence-electron chi connectivity index (χ3n) is 3.30. The van der Waals surface area contributed by atoms with Crippen LogP contribution in [0.4, 0.5) is 4.79 Å². The van der Waals surface area contributed by atoms with Gasteiger partial charge in [-0.25, -0.2) is 9.63 Å². The number of nitrogens with one attached hydrogen (secondary N) is 1. The smallest absolute Gasteiger partial charge is 0.345 e. The van der Waals surface area contributed by atoms with Gasteiger partial charge in [0.1, 0.15) is 5.54 Å². The van der Waals surface area contributed by atoms with Crippen LogP contribution >= 0.6 is 0 Å². The number of benzene rings is 1. The molecule has 0 aromatic heterocycles. The van der Waals surface area contributed by atoms with Crippen LogP contribution in [0.2, 0.25) is 0 Å². The van der Waals surface area contributed by atoms with Gasteiger partial charge in [-0.15, -0.1) is 0 Å². The Kier molecular flexibility index (Phi) is 5.73. The van der Waals surface area contributed by atoms with Gasteiger partial charge in [-0.05, 0) is 0 Å². The summed E-state index contributed by atoms with van der Waals surface area (Å²) < 4.78 is 15.6. The predicted octanol–water partition coefficient (Wildman–Crippen LogP) is 1.32. The highest BCUT2D eigenvalue weighted by Gasteiger charge is 2.45. The Balaban J connectivity index is 2.00. The molecule has 0 spiro atoms. The minimum atomic E-state index is -0.761. The molecule has 2 rings (SSSR count). The molecule has 122 valence electrons. The van der Waals surface area contributed by atoms with E-state index >= 15 is 0 Å². The highest BCUT2D eigenvalue weighted by molar-refractivity contribution is 5.76. The molecule has 1 saturated heterocycles. The van der Waals surface area contributed by atoms with Crippen molar-refractivity contribution >= 4 is 6.03 Å². The van der Waals surface area contributed by atoms with Gasteiger partial charge >= 0.3 is 6.03 Å². The normalized spacial score (nSPS) is 17.4. The highest BCUT2D eigenvalue weighted by atomic mass is 16.8. The average molecular weight is 310 g/mol. The summed E-state index contributed by atoms with van der Waals surface area (Å²) in [4.78, 5) is 17.7. The van der Waals surface area contributed by atoms with E-state index < -0.39 is 5.54 Å². The molecule has 22 heavy (non-hydrogen) atoms. The molecule has 1 aromatic carbocycles. The average Bonchev–Trinajstić information content (AvgIpc) is 3.29. The first-order valence-corrected chi connectivity index (χ1v) is 6.95. The molecule has 1 heterocycles. The van der Waals surface area contributed by atoms with Crippen molar-refractivity contribution < 1.29 is 23.8 Å². The Labute approximate surface area is 130 Å². The van der Waals surface area contributed by atoms with Gasteiger partial charge in [-0.1, -0.05) is 30.3 Å². The molecule has 0 aliphatic carbocycles. The topological polar surface area (TPSA) is 72.3 Å². The number of amides is 2. The van der Waals surface area contributed by atoms with Crippen LogP contribution in [0.3, 0.4) is 0 Å². The van der Waals surface area contributed by atoms with Crippen LogP contribution in [0.15, 0.2) is 30.3 Å². The summed E-state index contributed by atoms with van der Waals surface area (Å²) in [6, 6.07) is 9.18. The van der Waals surface area contributed by atoms with Crippen LogP contribution in [0, 0.1) is 0 Å². The third kappa shape index (κ3) is 3.95. The van der Waals surface area contributed by atoms with E-state index in [2.05, 4.69) is 5.32 Å². The molecule has 0 saturated carbocycles. The zero-order chi connectivity index (χ0) is 16.0. The molecule has 2 amide bonds. The first kappa shape index (κ1) is 16.7. The van der Waals surface area contributed by atoms with Gasteiger partial charge in [0.15, 0.2) is 0 Å². The lowest BCUT2D eigenvalue weighted by Gasteiger charge is -2.32. The second-order valence-electron chi connectivity index (χ2n) is 5.20. The fourth-order valence-corrected chi connectivity index (χ4v) is 2.39. The van der Waals surface area contributed by atoms with E-state index in [9.17, 15) is 4.79 Å². The molecule has 1 atom stereocenters. The van der Waals surface area contributed by atoms with Crippen LogP contribution < -0.4 is 5.32 Å². The van der Waals surface area contributed by atoms with Crippen LogP contribution in [0.25, 0.3) is 0 Å². The van der Waals surface area contributed by atoms with Crippen molar-refractivity contribution in [2.75, 3.05) is 41.2 Å². The standard InChI is InChI=1S/C15H22N2O5/c1-19-9-15(10-20-2,11-21-3)16-14(18)17-13(22-17)12-7-5-4-6-8-12/h4-8,13H,9-11H2,1-3H3,(H,16,18). The lowest BCUT2D eigenvalue weighted by atomic mass is 10.0. The monoisotopic (exact) mass is 310 g/mol. The van der Waals surface area contributed by atoms with Gasteiger partial charge in [0.25, 0.3) is 0 Å². The number of methoxy groups -OCH3 is 3. The number of rotatable bonds is 8. The highest BCUT2D eigenvalue weighted by Crippen LogP contribution is 2.36. The van der Waals surface area contributed by atoms with E-state index in [0.29, 0.717) is 0 Å². The molecule has 7 nitrogen and oxygen atoms in total.